The Labute approximate surface area is 119 Å². The van der Waals surface area contributed by atoms with Crippen molar-refractivity contribution in [2.24, 2.45) is 0 Å². The molecular weight excluding hydrogens is 287 g/mol. The minimum Gasteiger partial charge on any atom is -0.478 e. The van der Waals surface area contributed by atoms with Gasteiger partial charge in [0.2, 0.25) is 0 Å². The molecule has 0 unspecified atom stereocenters. The minimum absolute atomic E-state index is 0.144. The number of alkyl halides is 2. The van der Waals surface area contributed by atoms with Gasteiger partial charge in [-0.2, -0.15) is 0 Å². The fourth-order valence-electron chi connectivity index (χ4n) is 2.53. The van der Waals surface area contributed by atoms with Crippen LogP contribution in [0.25, 0.3) is 0 Å². The van der Waals surface area contributed by atoms with E-state index in [4.69, 9.17) is 5.11 Å². The maximum Gasteiger partial charge on any atom is 0.335 e. The topological polar surface area (TPSA) is 66.4 Å². The quantitative estimate of drug-likeness (QED) is 0.898. The molecule has 0 spiro atoms. The van der Waals surface area contributed by atoms with Gasteiger partial charge in [0.05, 0.1) is 11.1 Å². The molecule has 0 saturated heterocycles. The van der Waals surface area contributed by atoms with E-state index < -0.39 is 35.2 Å². The first-order chi connectivity index (χ1) is 9.85. The van der Waals surface area contributed by atoms with Gasteiger partial charge in [0.15, 0.2) is 0 Å². The Bertz CT molecular complexity index is 569. The average Bonchev–Trinajstić information content (AvgIpc) is 2.88. The summed E-state index contributed by atoms with van der Waals surface area (Å²) in [7, 11) is 0. The Morgan fingerprint density at radius 3 is 2.33 bits per heavy atom. The molecule has 1 aromatic rings. The molecule has 2 N–H and O–H groups in total. The van der Waals surface area contributed by atoms with Crippen molar-refractivity contribution in [3.8, 4) is 0 Å². The van der Waals surface area contributed by atoms with Crippen LogP contribution < -0.4 is 5.32 Å². The van der Waals surface area contributed by atoms with Gasteiger partial charge < -0.3 is 10.4 Å². The van der Waals surface area contributed by atoms with E-state index in [-0.39, 0.29) is 18.4 Å². The SMILES string of the molecule is O=C(O)c1ccc(C(=O)NC2(C(F)F)CCCC2)c(F)c1. The third-order valence-electron chi connectivity index (χ3n) is 3.74. The molecule has 21 heavy (non-hydrogen) atoms. The summed E-state index contributed by atoms with van der Waals surface area (Å²) in [6.07, 6.45) is -1.29. The van der Waals surface area contributed by atoms with E-state index in [1.165, 1.54) is 0 Å². The van der Waals surface area contributed by atoms with Crippen molar-refractivity contribution in [2.75, 3.05) is 0 Å². The van der Waals surface area contributed by atoms with Crippen molar-refractivity contribution >= 4 is 11.9 Å². The Kier molecular flexibility index (Phi) is 4.20. The molecule has 114 valence electrons. The number of halogens is 3. The highest BCUT2D eigenvalue weighted by Crippen LogP contribution is 2.35. The van der Waals surface area contributed by atoms with E-state index in [0.717, 1.165) is 12.1 Å². The molecule has 1 amide bonds. The molecule has 0 aromatic heterocycles. The molecule has 0 bridgehead atoms. The van der Waals surface area contributed by atoms with Gasteiger partial charge in [0.25, 0.3) is 12.3 Å². The van der Waals surface area contributed by atoms with Crippen LogP contribution in [0.1, 0.15) is 46.4 Å². The minimum atomic E-state index is -2.73. The van der Waals surface area contributed by atoms with Crippen molar-refractivity contribution < 1.29 is 27.9 Å². The van der Waals surface area contributed by atoms with Crippen LogP contribution in [0.5, 0.6) is 0 Å². The van der Waals surface area contributed by atoms with Crippen molar-refractivity contribution in [2.45, 2.75) is 37.6 Å². The molecule has 7 heteroatoms. The number of benzene rings is 1. The Morgan fingerprint density at radius 2 is 1.86 bits per heavy atom. The molecule has 0 radical (unpaired) electrons. The lowest BCUT2D eigenvalue weighted by Crippen LogP contribution is -2.52. The third-order valence-corrected chi connectivity index (χ3v) is 3.74. The number of amides is 1. The van der Waals surface area contributed by atoms with Gasteiger partial charge in [0, 0.05) is 0 Å². The first kappa shape index (κ1) is 15.3. The number of carbonyl (C=O) groups excluding carboxylic acids is 1. The van der Waals surface area contributed by atoms with Crippen LogP contribution in [-0.4, -0.2) is 28.9 Å². The van der Waals surface area contributed by atoms with Gasteiger partial charge in [-0.25, -0.2) is 18.0 Å². The predicted octanol–water partition coefficient (Wildman–Crippen LogP) is 2.83. The highest BCUT2D eigenvalue weighted by atomic mass is 19.3. The van der Waals surface area contributed by atoms with Crippen LogP contribution in [0.2, 0.25) is 0 Å². The number of nitrogens with one attached hydrogen (secondary N) is 1. The average molecular weight is 301 g/mol. The maximum atomic E-state index is 13.7. The third kappa shape index (κ3) is 3.01. The molecule has 1 aliphatic rings. The second kappa shape index (κ2) is 5.75. The van der Waals surface area contributed by atoms with Gasteiger partial charge >= 0.3 is 5.97 Å². The largest absolute Gasteiger partial charge is 0.478 e. The van der Waals surface area contributed by atoms with Crippen molar-refractivity contribution in [3.05, 3.63) is 35.1 Å². The highest BCUT2D eigenvalue weighted by Gasteiger charge is 2.44. The van der Waals surface area contributed by atoms with Crippen molar-refractivity contribution in [1.82, 2.24) is 5.32 Å². The molecule has 4 nitrogen and oxygen atoms in total. The smallest absolute Gasteiger partial charge is 0.335 e. The van der Waals surface area contributed by atoms with Crippen LogP contribution in [0.15, 0.2) is 18.2 Å². The molecule has 2 rings (SSSR count). The second-order valence-electron chi connectivity index (χ2n) is 5.12. The fourth-order valence-corrected chi connectivity index (χ4v) is 2.53. The van der Waals surface area contributed by atoms with E-state index in [2.05, 4.69) is 5.32 Å². The maximum absolute atomic E-state index is 13.7. The molecule has 1 saturated carbocycles. The zero-order valence-electron chi connectivity index (χ0n) is 11.0. The lowest BCUT2D eigenvalue weighted by Gasteiger charge is -2.29. The van der Waals surface area contributed by atoms with Gasteiger partial charge in [0.1, 0.15) is 11.4 Å². The van der Waals surface area contributed by atoms with E-state index in [9.17, 15) is 22.8 Å². The summed E-state index contributed by atoms with van der Waals surface area (Å²) < 4.78 is 40.1. The number of carboxylic acids is 1. The Hall–Kier alpha value is -2.05. The number of carboxylic acid groups (broad SMARTS) is 1. The summed E-state index contributed by atoms with van der Waals surface area (Å²) in [5, 5.41) is 10.9. The number of carbonyl (C=O) groups is 2. The summed E-state index contributed by atoms with van der Waals surface area (Å²) in [5.41, 5.74) is -2.37. The molecule has 0 atom stereocenters. The van der Waals surface area contributed by atoms with Crippen LogP contribution in [0.4, 0.5) is 13.2 Å². The van der Waals surface area contributed by atoms with Gasteiger partial charge in [-0.15, -0.1) is 0 Å². The van der Waals surface area contributed by atoms with Crippen LogP contribution in [0, 0.1) is 5.82 Å². The van der Waals surface area contributed by atoms with Crippen molar-refractivity contribution in [3.63, 3.8) is 0 Å². The first-order valence-electron chi connectivity index (χ1n) is 6.49. The summed E-state index contributed by atoms with van der Waals surface area (Å²) in [5.74, 6) is -3.33. The summed E-state index contributed by atoms with van der Waals surface area (Å²) in [6.45, 7) is 0. The second-order valence-corrected chi connectivity index (χ2v) is 5.12. The Morgan fingerprint density at radius 1 is 1.24 bits per heavy atom. The van der Waals surface area contributed by atoms with Crippen LogP contribution >= 0.6 is 0 Å². The number of hydrogen-bond acceptors (Lipinski definition) is 2. The molecular formula is C14H14F3NO3. The standard InChI is InChI=1S/C14H14F3NO3/c15-10-7-8(12(20)21)3-4-9(10)11(19)18-14(13(16)17)5-1-2-6-14/h3-4,7,13H,1-2,5-6H2,(H,18,19)(H,20,21). The molecule has 0 heterocycles. The van der Waals surface area contributed by atoms with E-state index >= 15 is 0 Å². The fraction of sp³-hybridized carbons (Fsp3) is 0.429. The number of rotatable bonds is 4. The summed E-state index contributed by atoms with van der Waals surface area (Å²) in [4.78, 5) is 22.7. The molecule has 1 fully saturated rings. The molecule has 1 aromatic carbocycles. The zero-order chi connectivity index (χ0) is 15.6. The van der Waals surface area contributed by atoms with Crippen LogP contribution in [0.3, 0.4) is 0 Å². The van der Waals surface area contributed by atoms with Gasteiger partial charge in [-0.1, -0.05) is 12.8 Å². The number of hydrogen-bond donors (Lipinski definition) is 2. The normalized spacial score (nSPS) is 17.0. The van der Waals surface area contributed by atoms with Crippen molar-refractivity contribution in [1.29, 1.82) is 0 Å². The van der Waals surface area contributed by atoms with Gasteiger partial charge in [-0.3, -0.25) is 4.79 Å². The van der Waals surface area contributed by atoms with Crippen LogP contribution in [-0.2, 0) is 0 Å². The first-order valence-corrected chi connectivity index (χ1v) is 6.49. The molecule has 0 aliphatic heterocycles. The monoisotopic (exact) mass is 301 g/mol. The van der Waals surface area contributed by atoms with E-state index in [0.29, 0.717) is 18.9 Å². The van der Waals surface area contributed by atoms with E-state index in [1.807, 2.05) is 0 Å². The highest BCUT2D eigenvalue weighted by molar-refractivity contribution is 5.96. The predicted molar refractivity (Wildman–Crippen MR) is 68.0 cm³/mol. The Balaban J connectivity index is 2.22. The summed E-state index contributed by atoms with van der Waals surface area (Å²) in [6, 6.07) is 2.74. The zero-order valence-corrected chi connectivity index (χ0v) is 11.0. The van der Waals surface area contributed by atoms with E-state index in [1.54, 1.807) is 0 Å². The summed E-state index contributed by atoms with van der Waals surface area (Å²) >= 11 is 0. The lowest BCUT2D eigenvalue weighted by atomic mass is 9.97. The number of aromatic carboxylic acids is 1. The molecule has 1 aliphatic carbocycles. The lowest BCUT2D eigenvalue weighted by molar-refractivity contribution is 0.0303. The van der Waals surface area contributed by atoms with Gasteiger partial charge in [-0.05, 0) is 31.0 Å².